The number of ether oxygens (including phenoxy) is 1. The third-order valence-electron chi connectivity index (χ3n) is 2.92. The van der Waals surface area contributed by atoms with Crippen LogP contribution in [-0.4, -0.2) is 22.6 Å². The Morgan fingerprint density at radius 2 is 2.15 bits per heavy atom. The molecule has 134 valence electrons. The number of nitrogens with zero attached hydrogens (tertiary/aromatic N) is 3. The van der Waals surface area contributed by atoms with Gasteiger partial charge in [0.05, 0.1) is 6.20 Å². The lowest BCUT2D eigenvalue weighted by molar-refractivity contribution is 0.102. The Bertz CT molecular complexity index is 891. The first-order chi connectivity index (χ1) is 12.4. The smallest absolute Gasteiger partial charge is 0.275 e. The highest BCUT2D eigenvalue weighted by Crippen LogP contribution is 2.19. The fourth-order valence-electron chi connectivity index (χ4n) is 1.98. The number of rotatable bonds is 6. The maximum atomic E-state index is 13.2. The zero-order valence-corrected chi connectivity index (χ0v) is 14.2. The summed E-state index contributed by atoms with van der Waals surface area (Å²) >= 11 is 0. The van der Waals surface area contributed by atoms with Gasteiger partial charge < -0.3 is 10.1 Å². The fraction of sp³-hybridized carbons (Fsp3) is 0.111. The molecule has 0 saturated carbocycles. The van der Waals surface area contributed by atoms with E-state index in [0.717, 1.165) is 18.2 Å². The van der Waals surface area contributed by atoms with Crippen molar-refractivity contribution < 1.29 is 18.3 Å². The molecule has 26 heavy (non-hydrogen) atoms. The average Bonchev–Trinajstić information content (AvgIpc) is 2.54. The lowest BCUT2D eigenvalue weighted by Gasteiger charge is -2.09. The van der Waals surface area contributed by atoms with E-state index in [9.17, 15) is 13.6 Å². The minimum atomic E-state index is -0.596. The molecule has 2 heterocycles. The van der Waals surface area contributed by atoms with Crippen LogP contribution in [0.5, 0.6) is 5.75 Å². The first-order valence-electron chi connectivity index (χ1n) is 7.46. The van der Waals surface area contributed by atoms with Gasteiger partial charge in [0.2, 0.25) is 0 Å². The number of carbonyl (C=O) groups is 1. The molecule has 0 unspecified atom stereocenters. The number of pyridine rings is 2. The van der Waals surface area contributed by atoms with Crippen molar-refractivity contribution in [3.8, 4) is 5.75 Å². The number of nitrogens with one attached hydrogen (secondary N) is 1. The Balaban J connectivity index is 2.25. The first kappa shape index (κ1) is 18.9. The van der Waals surface area contributed by atoms with Gasteiger partial charge in [0.15, 0.2) is 0 Å². The highest BCUT2D eigenvalue weighted by Gasteiger charge is 2.12. The number of amides is 1. The molecule has 0 aromatic carbocycles. The molecule has 2 rings (SSSR count). The van der Waals surface area contributed by atoms with Crippen LogP contribution >= 0.6 is 0 Å². The molecule has 6 nitrogen and oxygen atoms in total. The summed E-state index contributed by atoms with van der Waals surface area (Å²) in [5.74, 6) is -1.21. The van der Waals surface area contributed by atoms with Crippen LogP contribution in [0.4, 0.5) is 14.6 Å². The monoisotopic (exact) mass is 358 g/mol. The molecule has 0 atom stereocenters. The molecule has 2 aromatic heterocycles. The Morgan fingerprint density at radius 3 is 2.81 bits per heavy atom. The van der Waals surface area contributed by atoms with Crippen LogP contribution in [-0.2, 0) is 0 Å². The third-order valence-corrected chi connectivity index (χ3v) is 2.92. The molecule has 1 N–H and O–H groups in total. The Hall–Kier alpha value is -3.42. The molecule has 2 aromatic rings. The van der Waals surface area contributed by atoms with Gasteiger partial charge in [-0.05, 0) is 26.6 Å². The van der Waals surface area contributed by atoms with E-state index in [4.69, 9.17) is 4.74 Å². The number of anilines is 1. The standard InChI is InChI=1S/C18H16F2N4O2/c1-11(19)6-15(10-21-3)26-14-7-12(2)23-16(9-14)18(25)24-17-8-13(20)4-5-22-17/h4-10H,3H2,1-2H3,(H,22,24,25). The van der Waals surface area contributed by atoms with Gasteiger partial charge in [0, 0.05) is 36.2 Å². The minimum absolute atomic E-state index is 0.0259. The van der Waals surface area contributed by atoms with Crippen LogP contribution in [0.1, 0.15) is 23.1 Å². The molecule has 0 bridgehead atoms. The Morgan fingerprint density at radius 1 is 1.38 bits per heavy atom. The van der Waals surface area contributed by atoms with Gasteiger partial charge in [0.25, 0.3) is 5.91 Å². The molecule has 0 aliphatic heterocycles. The second-order valence-corrected chi connectivity index (χ2v) is 5.19. The van der Waals surface area contributed by atoms with Gasteiger partial charge in [-0.2, -0.15) is 0 Å². The van der Waals surface area contributed by atoms with Crippen LogP contribution in [0.15, 0.2) is 59.3 Å². The number of aryl methyl sites for hydroxylation is 1. The molecule has 0 radical (unpaired) electrons. The van der Waals surface area contributed by atoms with Crippen LogP contribution < -0.4 is 10.1 Å². The van der Waals surface area contributed by atoms with Crippen molar-refractivity contribution in [1.82, 2.24) is 9.97 Å². The lowest BCUT2D eigenvalue weighted by atomic mass is 10.2. The van der Waals surface area contributed by atoms with Gasteiger partial charge in [-0.15, -0.1) is 0 Å². The van der Waals surface area contributed by atoms with Crippen molar-refractivity contribution in [2.45, 2.75) is 13.8 Å². The minimum Gasteiger partial charge on any atom is -0.456 e. The summed E-state index contributed by atoms with van der Waals surface area (Å²) in [6, 6.07) is 5.17. The normalized spacial score (nSPS) is 11.8. The second-order valence-electron chi connectivity index (χ2n) is 5.19. The summed E-state index contributed by atoms with van der Waals surface area (Å²) < 4.78 is 31.8. The Kier molecular flexibility index (Phi) is 6.26. The van der Waals surface area contributed by atoms with E-state index in [1.807, 2.05) is 0 Å². The number of allylic oxidation sites excluding steroid dienone is 2. The summed E-state index contributed by atoms with van der Waals surface area (Å²) in [6.07, 6.45) is 3.59. The van der Waals surface area contributed by atoms with E-state index >= 15 is 0 Å². The number of halogens is 2. The van der Waals surface area contributed by atoms with Crippen molar-refractivity contribution in [1.29, 1.82) is 0 Å². The summed E-state index contributed by atoms with van der Waals surface area (Å²) in [5, 5.41) is 2.44. The summed E-state index contributed by atoms with van der Waals surface area (Å²) in [7, 11) is 0. The third kappa shape index (κ3) is 5.59. The molecule has 8 heteroatoms. The van der Waals surface area contributed by atoms with Gasteiger partial charge in [-0.1, -0.05) is 0 Å². The SMILES string of the molecule is C=NC=C(C=C(C)F)Oc1cc(C)nc(C(=O)Nc2cc(F)ccn2)c1. The molecular formula is C18H16F2N4O2. The molecular weight excluding hydrogens is 342 g/mol. The summed E-state index contributed by atoms with van der Waals surface area (Å²) in [6.45, 7) is 6.21. The van der Waals surface area contributed by atoms with E-state index in [0.29, 0.717) is 5.69 Å². The lowest BCUT2D eigenvalue weighted by Crippen LogP contribution is -2.15. The quantitative estimate of drug-likeness (QED) is 0.482. The van der Waals surface area contributed by atoms with Crippen molar-refractivity contribution >= 4 is 18.4 Å². The highest BCUT2D eigenvalue weighted by molar-refractivity contribution is 6.02. The number of carbonyl (C=O) groups excluding carboxylic acids is 1. The maximum absolute atomic E-state index is 13.2. The second kappa shape index (κ2) is 8.61. The predicted molar refractivity (Wildman–Crippen MR) is 94.2 cm³/mol. The largest absolute Gasteiger partial charge is 0.456 e. The first-order valence-corrected chi connectivity index (χ1v) is 7.46. The van der Waals surface area contributed by atoms with E-state index in [-0.39, 0.29) is 23.0 Å². The van der Waals surface area contributed by atoms with Crippen molar-refractivity contribution in [3.63, 3.8) is 0 Å². The fourth-order valence-corrected chi connectivity index (χ4v) is 1.98. The van der Waals surface area contributed by atoms with E-state index < -0.39 is 17.6 Å². The topological polar surface area (TPSA) is 76.5 Å². The molecule has 0 spiro atoms. The maximum Gasteiger partial charge on any atom is 0.275 e. The zero-order chi connectivity index (χ0) is 19.1. The number of aliphatic imine (C=N–C) groups is 1. The highest BCUT2D eigenvalue weighted by atomic mass is 19.1. The van der Waals surface area contributed by atoms with Gasteiger partial charge in [0.1, 0.15) is 34.7 Å². The van der Waals surface area contributed by atoms with Gasteiger partial charge in [-0.3, -0.25) is 9.79 Å². The van der Waals surface area contributed by atoms with E-state index in [2.05, 4.69) is 27.0 Å². The van der Waals surface area contributed by atoms with Crippen LogP contribution in [0.2, 0.25) is 0 Å². The number of hydrogen-bond acceptors (Lipinski definition) is 5. The predicted octanol–water partition coefficient (Wildman–Crippen LogP) is 3.97. The van der Waals surface area contributed by atoms with Gasteiger partial charge in [-0.25, -0.2) is 18.7 Å². The van der Waals surface area contributed by atoms with E-state index in [1.54, 1.807) is 13.0 Å². The molecule has 1 amide bonds. The zero-order valence-electron chi connectivity index (χ0n) is 14.2. The van der Waals surface area contributed by atoms with Crippen LogP contribution in [0, 0.1) is 12.7 Å². The molecule has 0 aliphatic carbocycles. The average molecular weight is 358 g/mol. The van der Waals surface area contributed by atoms with Crippen LogP contribution in [0.25, 0.3) is 0 Å². The van der Waals surface area contributed by atoms with Crippen molar-refractivity contribution in [2.24, 2.45) is 4.99 Å². The molecule has 0 fully saturated rings. The number of aromatic nitrogens is 2. The molecule has 0 aliphatic rings. The van der Waals surface area contributed by atoms with Crippen molar-refractivity contribution in [2.75, 3.05) is 5.32 Å². The summed E-state index contributed by atoms with van der Waals surface area (Å²) in [5.41, 5.74) is 0.518. The molecule has 0 saturated heterocycles. The van der Waals surface area contributed by atoms with Gasteiger partial charge >= 0.3 is 0 Å². The van der Waals surface area contributed by atoms with Crippen molar-refractivity contribution in [3.05, 3.63) is 71.5 Å². The number of hydrogen-bond donors (Lipinski definition) is 1. The summed E-state index contributed by atoms with van der Waals surface area (Å²) in [4.78, 5) is 23.8. The Labute approximate surface area is 149 Å². The van der Waals surface area contributed by atoms with Crippen LogP contribution in [0.3, 0.4) is 0 Å². The van der Waals surface area contributed by atoms with E-state index in [1.165, 1.54) is 25.4 Å².